The van der Waals surface area contributed by atoms with E-state index >= 15 is 0 Å². The van der Waals surface area contributed by atoms with Crippen molar-refractivity contribution in [3.05, 3.63) is 60.3 Å². The number of aromatic nitrogens is 3. The molecule has 0 fully saturated rings. The zero-order valence-corrected chi connectivity index (χ0v) is 13.7. The number of nitrogens with zero attached hydrogens (tertiary/aromatic N) is 3. The van der Waals surface area contributed by atoms with Crippen LogP contribution in [0.3, 0.4) is 0 Å². The van der Waals surface area contributed by atoms with Gasteiger partial charge in [-0.1, -0.05) is 29.5 Å². The minimum Gasteiger partial charge on any atom is -0.482 e. The van der Waals surface area contributed by atoms with Crippen LogP contribution in [-0.4, -0.2) is 39.7 Å². The fourth-order valence-electron chi connectivity index (χ4n) is 2.41. The Labute approximate surface area is 144 Å². The van der Waals surface area contributed by atoms with Crippen molar-refractivity contribution in [2.24, 2.45) is 0 Å². The van der Waals surface area contributed by atoms with Gasteiger partial charge >= 0.3 is 5.97 Å². The van der Waals surface area contributed by atoms with E-state index in [1.165, 1.54) is 0 Å². The van der Waals surface area contributed by atoms with Crippen LogP contribution in [0.5, 0.6) is 5.75 Å². The smallest absolute Gasteiger partial charge is 0.341 e. The van der Waals surface area contributed by atoms with Crippen LogP contribution in [0.4, 0.5) is 5.69 Å². The first kappa shape index (κ1) is 16.5. The van der Waals surface area contributed by atoms with Gasteiger partial charge in [0.2, 0.25) is 0 Å². The summed E-state index contributed by atoms with van der Waals surface area (Å²) in [5.74, 6) is -0.489. The van der Waals surface area contributed by atoms with Gasteiger partial charge in [-0.05, 0) is 29.8 Å². The Kier molecular flexibility index (Phi) is 4.94. The Morgan fingerprint density at radius 3 is 2.88 bits per heavy atom. The molecule has 0 aliphatic rings. The molecule has 0 amide bonds. The second kappa shape index (κ2) is 7.48. The highest BCUT2D eigenvalue weighted by Crippen LogP contribution is 2.20. The van der Waals surface area contributed by atoms with Crippen LogP contribution in [-0.2, 0) is 11.3 Å². The van der Waals surface area contributed by atoms with Crippen LogP contribution in [0, 0.1) is 0 Å². The van der Waals surface area contributed by atoms with Gasteiger partial charge in [-0.25, -0.2) is 9.48 Å². The standard InChI is InChI=1S/C18H18N4O3/c1-19-15-6-3-5-14(9-15)17-11-22(21-20-17)10-13-4-2-7-16(8-13)25-12-18(23)24/h2-9,11,19H,10,12H2,1H3,(H,23,24). The van der Waals surface area contributed by atoms with Gasteiger partial charge in [0, 0.05) is 18.3 Å². The summed E-state index contributed by atoms with van der Waals surface area (Å²) in [6.45, 7) is 0.154. The molecule has 3 rings (SSSR count). The summed E-state index contributed by atoms with van der Waals surface area (Å²) in [7, 11) is 1.87. The number of hydrogen-bond donors (Lipinski definition) is 2. The third-order valence-electron chi connectivity index (χ3n) is 3.59. The average molecular weight is 338 g/mol. The number of rotatable bonds is 7. The van der Waals surface area contributed by atoms with Crippen molar-refractivity contribution in [3.63, 3.8) is 0 Å². The minimum absolute atomic E-state index is 0.362. The molecular formula is C18H18N4O3. The Morgan fingerprint density at radius 2 is 2.08 bits per heavy atom. The monoisotopic (exact) mass is 338 g/mol. The van der Waals surface area contributed by atoms with Crippen LogP contribution >= 0.6 is 0 Å². The lowest BCUT2D eigenvalue weighted by atomic mass is 10.1. The number of hydrogen-bond acceptors (Lipinski definition) is 5. The molecule has 0 bridgehead atoms. The van der Waals surface area contributed by atoms with Crippen molar-refractivity contribution in [1.82, 2.24) is 15.0 Å². The molecule has 0 unspecified atom stereocenters. The van der Waals surface area contributed by atoms with Crippen molar-refractivity contribution >= 4 is 11.7 Å². The van der Waals surface area contributed by atoms with Gasteiger partial charge in [0.15, 0.2) is 6.61 Å². The van der Waals surface area contributed by atoms with E-state index in [4.69, 9.17) is 9.84 Å². The SMILES string of the molecule is CNc1cccc(-c2cn(Cc3cccc(OCC(=O)O)c3)nn2)c1. The summed E-state index contributed by atoms with van der Waals surface area (Å²) in [6.07, 6.45) is 1.87. The number of carboxylic acid groups (broad SMARTS) is 1. The van der Waals surface area contributed by atoms with E-state index in [2.05, 4.69) is 15.6 Å². The van der Waals surface area contributed by atoms with Crippen molar-refractivity contribution in [1.29, 1.82) is 0 Å². The molecule has 0 saturated heterocycles. The molecule has 1 heterocycles. The van der Waals surface area contributed by atoms with E-state index in [1.807, 2.05) is 49.6 Å². The summed E-state index contributed by atoms with van der Waals surface area (Å²) in [5.41, 5.74) is 3.73. The highest BCUT2D eigenvalue weighted by atomic mass is 16.5. The van der Waals surface area contributed by atoms with E-state index in [9.17, 15) is 4.79 Å². The normalized spacial score (nSPS) is 10.4. The lowest BCUT2D eigenvalue weighted by molar-refractivity contribution is -0.139. The summed E-state index contributed by atoms with van der Waals surface area (Å²) >= 11 is 0. The lowest BCUT2D eigenvalue weighted by Gasteiger charge is -2.06. The average Bonchev–Trinajstić information content (AvgIpc) is 3.09. The third kappa shape index (κ3) is 4.35. The van der Waals surface area contributed by atoms with E-state index in [-0.39, 0.29) is 6.61 Å². The van der Waals surface area contributed by atoms with E-state index in [0.29, 0.717) is 12.3 Å². The molecule has 7 heteroatoms. The predicted molar refractivity (Wildman–Crippen MR) is 93.7 cm³/mol. The Hall–Kier alpha value is -3.35. The molecule has 0 aliphatic heterocycles. The van der Waals surface area contributed by atoms with Gasteiger partial charge in [-0.3, -0.25) is 0 Å². The van der Waals surface area contributed by atoms with Gasteiger partial charge < -0.3 is 15.2 Å². The Balaban J connectivity index is 1.73. The molecule has 0 saturated carbocycles. The summed E-state index contributed by atoms with van der Waals surface area (Å²) in [4.78, 5) is 10.6. The second-order valence-electron chi connectivity index (χ2n) is 5.46. The molecule has 25 heavy (non-hydrogen) atoms. The van der Waals surface area contributed by atoms with Crippen LogP contribution in [0.25, 0.3) is 11.3 Å². The van der Waals surface area contributed by atoms with Crippen molar-refractivity contribution in [3.8, 4) is 17.0 Å². The summed E-state index contributed by atoms with van der Waals surface area (Å²) < 4.78 is 6.93. The maximum atomic E-state index is 10.6. The highest BCUT2D eigenvalue weighted by Gasteiger charge is 2.06. The molecule has 0 spiro atoms. The fraction of sp³-hybridized carbons (Fsp3) is 0.167. The molecule has 0 aliphatic carbocycles. The quantitative estimate of drug-likeness (QED) is 0.688. The first-order chi connectivity index (χ1) is 12.1. The highest BCUT2D eigenvalue weighted by molar-refractivity contribution is 5.68. The maximum absolute atomic E-state index is 10.6. The van der Waals surface area contributed by atoms with Gasteiger partial charge in [-0.2, -0.15) is 0 Å². The van der Waals surface area contributed by atoms with E-state index < -0.39 is 5.97 Å². The molecule has 7 nitrogen and oxygen atoms in total. The zero-order valence-electron chi connectivity index (χ0n) is 13.7. The number of carbonyl (C=O) groups is 1. The minimum atomic E-state index is -1.00. The number of carboxylic acids is 1. The Bertz CT molecular complexity index is 876. The number of benzene rings is 2. The van der Waals surface area contributed by atoms with E-state index in [0.717, 1.165) is 22.5 Å². The molecule has 1 aromatic heterocycles. The van der Waals surface area contributed by atoms with Crippen LogP contribution < -0.4 is 10.1 Å². The summed E-state index contributed by atoms with van der Waals surface area (Å²) in [5, 5.41) is 20.1. The predicted octanol–water partition coefficient (Wildman–Crippen LogP) is 2.50. The maximum Gasteiger partial charge on any atom is 0.341 e. The molecule has 2 aromatic carbocycles. The van der Waals surface area contributed by atoms with Crippen LogP contribution in [0.1, 0.15) is 5.56 Å². The fourth-order valence-corrected chi connectivity index (χ4v) is 2.41. The van der Waals surface area contributed by atoms with Crippen LogP contribution in [0.2, 0.25) is 0 Å². The van der Waals surface area contributed by atoms with Gasteiger partial charge in [0.1, 0.15) is 11.4 Å². The molecule has 0 radical (unpaired) electrons. The van der Waals surface area contributed by atoms with Crippen molar-refractivity contribution < 1.29 is 14.6 Å². The van der Waals surface area contributed by atoms with Gasteiger partial charge in [0.05, 0.1) is 12.7 Å². The number of anilines is 1. The second-order valence-corrected chi connectivity index (χ2v) is 5.46. The first-order valence-corrected chi connectivity index (χ1v) is 7.76. The number of ether oxygens (including phenoxy) is 1. The largest absolute Gasteiger partial charge is 0.482 e. The number of nitrogens with one attached hydrogen (secondary N) is 1. The van der Waals surface area contributed by atoms with Gasteiger partial charge in [-0.15, -0.1) is 5.10 Å². The Morgan fingerprint density at radius 1 is 1.24 bits per heavy atom. The molecular weight excluding hydrogens is 320 g/mol. The molecule has 0 atom stereocenters. The molecule has 2 N–H and O–H groups in total. The topological polar surface area (TPSA) is 89.3 Å². The zero-order chi connectivity index (χ0) is 17.6. The van der Waals surface area contributed by atoms with Crippen molar-refractivity contribution in [2.75, 3.05) is 19.0 Å². The van der Waals surface area contributed by atoms with Gasteiger partial charge in [0.25, 0.3) is 0 Å². The van der Waals surface area contributed by atoms with Crippen molar-refractivity contribution in [2.45, 2.75) is 6.54 Å². The molecule has 3 aromatic rings. The van der Waals surface area contributed by atoms with Crippen LogP contribution in [0.15, 0.2) is 54.7 Å². The third-order valence-corrected chi connectivity index (χ3v) is 3.59. The van der Waals surface area contributed by atoms with E-state index in [1.54, 1.807) is 16.8 Å². The first-order valence-electron chi connectivity index (χ1n) is 7.76. The molecule has 128 valence electrons. The number of aliphatic carboxylic acids is 1. The summed E-state index contributed by atoms with van der Waals surface area (Å²) in [6, 6.07) is 15.2. The lowest BCUT2D eigenvalue weighted by Crippen LogP contribution is -2.09.